The van der Waals surface area contributed by atoms with Gasteiger partial charge in [-0.3, -0.25) is 4.90 Å². The molecule has 2 nitrogen and oxygen atoms in total. The highest BCUT2D eigenvalue weighted by atomic mass is 15.2. The second kappa shape index (κ2) is 4.56. The van der Waals surface area contributed by atoms with Gasteiger partial charge in [0.2, 0.25) is 0 Å². The maximum Gasteiger partial charge on any atom is 0.0237 e. The van der Waals surface area contributed by atoms with Gasteiger partial charge in [-0.2, -0.15) is 0 Å². The topological polar surface area (TPSA) is 15.3 Å². The van der Waals surface area contributed by atoms with Crippen LogP contribution in [0.15, 0.2) is 24.3 Å². The third kappa shape index (κ3) is 2.28. The van der Waals surface area contributed by atoms with Crippen LogP contribution in [0.3, 0.4) is 0 Å². The Kier molecular flexibility index (Phi) is 2.94. The lowest BCUT2D eigenvalue weighted by molar-refractivity contribution is 0.232. The zero-order chi connectivity index (χ0) is 10.8. The molecular weight excluding hydrogens is 196 g/mol. The highest BCUT2D eigenvalue weighted by Gasteiger charge is 2.26. The predicted molar refractivity (Wildman–Crippen MR) is 66.6 cm³/mol. The Morgan fingerprint density at radius 3 is 2.62 bits per heavy atom. The lowest BCUT2D eigenvalue weighted by atomic mass is 10.0. The first-order valence-electron chi connectivity index (χ1n) is 6.44. The molecule has 16 heavy (non-hydrogen) atoms. The fourth-order valence-corrected chi connectivity index (χ4v) is 2.58. The van der Waals surface area contributed by atoms with Crippen molar-refractivity contribution >= 4 is 0 Å². The highest BCUT2D eigenvalue weighted by molar-refractivity contribution is 5.33. The SMILES string of the molecule is c1ccc(C2CC2)c(CN2CCNCC2)c1. The monoisotopic (exact) mass is 216 g/mol. The van der Waals surface area contributed by atoms with Crippen LogP contribution in [0.25, 0.3) is 0 Å². The van der Waals surface area contributed by atoms with Gasteiger partial charge < -0.3 is 5.32 Å². The van der Waals surface area contributed by atoms with Crippen molar-refractivity contribution in [1.82, 2.24) is 10.2 Å². The minimum atomic E-state index is 0.874. The van der Waals surface area contributed by atoms with Gasteiger partial charge in [-0.15, -0.1) is 0 Å². The van der Waals surface area contributed by atoms with Gasteiger partial charge in [0, 0.05) is 32.7 Å². The molecule has 1 aromatic carbocycles. The van der Waals surface area contributed by atoms with E-state index in [0.29, 0.717) is 0 Å². The van der Waals surface area contributed by atoms with Gasteiger partial charge in [0.15, 0.2) is 0 Å². The predicted octanol–water partition coefficient (Wildman–Crippen LogP) is 1.97. The highest BCUT2D eigenvalue weighted by Crippen LogP contribution is 2.41. The minimum Gasteiger partial charge on any atom is -0.314 e. The average molecular weight is 216 g/mol. The van der Waals surface area contributed by atoms with E-state index in [2.05, 4.69) is 34.5 Å². The molecule has 86 valence electrons. The summed E-state index contributed by atoms with van der Waals surface area (Å²) in [5, 5.41) is 3.41. The molecule has 1 heterocycles. The summed E-state index contributed by atoms with van der Waals surface area (Å²) in [6.45, 7) is 5.82. The van der Waals surface area contributed by atoms with E-state index in [0.717, 1.165) is 25.6 Å². The van der Waals surface area contributed by atoms with Gasteiger partial charge in [0.05, 0.1) is 0 Å². The van der Waals surface area contributed by atoms with Crippen molar-refractivity contribution in [1.29, 1.82) is 0 Å². The summed E-state index contributed by atoms with van der Waals surface area (Å²) in [7, 11) is 0. The molecule has 0 spiro atoms. The standard InChI is InChI=1S/C14H20N2/c1-2-4-14(12-5-6-12)13(3-1)11-16-9-7-15-8-10-16/h1-4,12,15H,5-11H2. The normalized spacial score (nSPS) is 22.2. The minimum absolute atomic E-state index is 0.874. The van der Waals surface area contributed by atoms with Gasteiger partial charge in [-0.25, -0.2) is 0 Å². The number of rotatable bonds is 3. The second-order valence-corrected chi connectivity index (χ2v) is 5.00. The van der Waals surface area contributed by atoms with E-state index in [-0.39, 0.29) is 0 Å². The van der Waals surface area contributed by atoms with Crippen LogP contribution < -0.4 is 5.32 Å². The van der Waals surface area contributed by atoms with E-state index >= 15 is 0 Å². The molecule has 1 saturated heterocycles. The third-order valence-electron chi connectivity index (χ3n) is 3.68. The van der Waals surface area contributed by atoms with Crippen molar-refractivity contribution in [3.8, 4) is 0 Å². The number of nitrogens with zero attached hydrogens (tertiary/aromatic N) is 1. The van der Waals surface area contributed by atoms with Crippen molar-refractivity contribution in [2.75, 3.05) is 26.2 Å². The molecule has 1 aliphatic heterocycles. The quantitative estimate of drug-likeness (QED) is 0.831. The first-order chi connectivity index (χ1) is 7.93. The zero-order valence-electron chi connectivity index (χ0n) is 9.78. The number of piperazine rings is 1. The summed E-state index contributed by atoms with van der Waals surface area (Å²) in [6, 6.07) is 9.02. The molecule has 1 N–H and O–H groups in total. The molecule has 1 aliphatic carbocycles. The van der Waals surface area contributed by atoms with Crippen molar-refractivity contribution in [3.63, 3.8) is 0 Å². The number of benzene rings is 1. The maximum absolute atomic E-state index is 3.41. The third-order valence-corrected chi connectivity index (χ3v) is 3.68. The smallest absolute Gasteiger partial charge is 0.0237 e. The summed E-state index contributed by atoms with van der Waals surface area (Å²) >= 11 is 0. The Morgan fingerprint density at radius 1 is 1.12 bits per heavy atom. The molecule has 0 unspecified atom stereocenters. The second-order valence-electron chi connectivity index (χ2n) is 5.00. The summed E-state index contributed by atoms with van der Waals surface area (Å²) in [4.78, 5) is 2.57. The van der Waals surface area contributed by atoms with Gasteiger partial charge >= 0.3 is 0 Å². The van der Waals surface area contributed by atoms with E-state index < -0.39 is 0 Å². The largest absolute Gasteiger partial charge is 0.314 e. The average Bonchev–Trinajstić information content (AvgIpc) is 3.15. The molecule has 3 rings (SSSR count). The van der Waals surface area contributed by atoms with Crippen molar-refractivity contribution in [2.24, 2.45) is 0 Å². The number of nitrogens with one attached hydrogen (secondary N) is 1. The molecule has 1 aromatic rings. The van der Waals surface area contributed by atoms with Crippen LogP contribution in [-0.4, -0.2) is 31.1 Å². The summed E-state index contributed by atoms with van der Waals surface area (Å²) in [5.74, 6) is 0.874. The molecule has 2 heteroatoms. The van der Waals surface area contributed by atoms with Gasteiger partial charge in [-0.1, -0.05) is 24.3 Å². The van der Waals surface area contributed by atoms with Crippen molar-refractivity contribution in [2.45, 2.75) is 25.3 Å². The Labute approximate surface area is 97.6 Å². The molecule has 0 radical (unpaired) electrons. The summed E-state index contributed by atoms with van der Waals surface area (Å²) in [6.07, 6.45) is 2.80. The van der Waals surface area contributed by atoms with Crippen LogP contribution in [0.2, 0.25) is 0 Å². The van der Waals surface area contributed by atoms with Crippen LogP contribution >= 0.6 is 0 Å². The number of hydrogen-bond acceptors (Lipinski definition) is 2. The molecule has 0 atom stereocenters. The lowest BCUT2D eigenvalue weighted by Gasteiger charge is -2.28. The molecule has 2 aliphatic rings. The fourth-order valence-electron chi connectivity index (χ4n) is 2.58. The van der Waals surface area contributed by atoms with Crippen molar-refractivity contribution in [3.05, 3.63) is 35.4 Å². The van der Waals surface area contributed by atoms with E-state index in [1.807, 2.05) is 0 Å². The van der Waals surface area contributed by atoms with Crippen LogP contribution in [0, 0.1) is 0 Å². The summed E-state index contributed by atoms with van der Waals surface area (Å²) in [5.41, 5.74) is 3.17. The van der Waals surface area contributed by atoms with E-state index in [9.17, 15) is 0 Å². The van der Waals surface area contributed by atoms with Crippen molar-refractivity contribution < 1.29 is 0 Å². The van der Waals surface area contributed by atoms with Gasteiger partial charge in [-0.05, 0) is 29.9 Å². The van der Waals surface area contributed by atoms with E-state index in [4.69, 9.17) is 0 Å². The van der Waals surface area contributed by atoms with E-state index in [1.54, 1.807) is 11.1 Å². The molecule has 0 aromatic heterocycles. The first-order valence-corrected chi connectivity index (χ1v) is 6.44. The van der Waals surface area contributed by atoms with Crippen LogP contribution in [0.1, 0.15) is 29.9 Å². The Bertz CT molecular complexity index is 352. The Morgan fingerprint density at radius 2 is 1.88 bits per heavy atom. The Hall–Kier alpha value is -0.860. The van der Waals surface area contributed by atoms with E-state index in [1.165, 1.54) is 25.9 Å². The number of hydrogen-bond donors (Lipinski definition) is 1. The Balaban J connectivity index is 1.72. The van der Waals surface area contributed by atoms with Gasteiger partial charge in [0.1, 0.15) is 0 Å². The van der Waals surface area contributed by atoms with Crippen LogP contribution in [-0.2, 0) is 6.54 Å². The first kappa shape index (κ1) is 10.3. The lowest BCUT2D eigenvalue weighted by Crippen LogP contribution is -2.43. The fraction of sp³-hybridized carbons (Fsp3) is 0.571. The molecular formula is C14H20N2. The van der Waals surface area contributed by atoms with Crippen LogP contribution in [0.5, 0.6) is 0 Å². The maximum atomic E-state index is 3.41. The zero-order valence-corrected chi connectivity index (χ0v) is 9.78. The molecule has 0 amide bonds. The molecule has 2 fully saturated rings. The molecule has 1 saturated carbocycles. The van der Waals surface area contributed by atoms with Crippen LogP contribution in [0.4, 0.5) is 0 Å². The van der Waals surface area contributed by atoms with Gasteiger partial charge in [0.25, 0.3) is 0 Å². The molecule has 0 bridgehead atoms. The summed E-state index contributed by atoms with van der Waals surface area (Å²) < 4.78 is 0.